The first kappa shape index (κ1) is 22.2. The van der Waals surface area contributed by atoms with E-state index in [4.69, 9.17) is 16.3 Å². The molecule has 7 heteroatoms. The fourth-order valence-corrected chi connectivity index (χ4v) is 3.57. The van der Waals surface area contributed by atoms with Gasteiger partial charge in [-0.25, -0.2) is 0 Å². The average Bonchev–Trinajstić information content (AvgIpc) is 2.78. The molecule has 0 unspecified atom stereocenters. The molecule has 0 N–H and O–H groups in total. The van der Waals surface area contributed by atoms with Crippen molar-refractivity contribution in [2.75, 3.05) is 46.4 Å². The van der Waals surface area contributed by atoms with Crippen LogP contribution >= 0.6 is 11.6 Å². The highest BCUT2D eigenvalue weighted by Gasteiger charge is 2.26. The Labute approximate surface area is 181 Å². The number of hydrogen-bond donors (Lipinski definition) is 0. The van der Waals surface area contributed by atoms with Gasteiger partial charge >= 0.3 is 0 Å². The van der Waals surface area contributed by atoms with Gasteiger partial charge in [-0.2, -0.15) is 0 Å². The SMILES string of the molecule is CN(CCCN1CCOCC1)C(=O)C(=O)c1ccc(Cl)cc1C(=O)c1ccccc1. The molecule has 1 aliphatic heterocycles. The van der Waals surface area contributed by atoms with Gasteiger partial charge in [-0.1, -0.05) is 41.9 Å². The van der Waals surface area contributed by atoms with E-state index in [0.717, 1.165) is 39.3 Å². The third-order valence-corrected chi connectivity index (χ3v) is 5.35. The number of Topliss-reactive ketones (excluding diaryl/α,β-unsaturated/α-hetero) is 1. The quantitative estimate of drug-likeness (QED) is 0.477. The maximum atomic E-state index is 12.9. The summed E-state index contributed by atoms with van der Waals surface area (Å²) in [4.78, 5) is 42.2. The van der Waals surface area contributed by atoms with Crippen LogP contribution in [0.15, 0.2) is 48.5 Å². The molecule has 3 rings (SSSR count). The van der Waals surface area contributed by atoms with Crippen LogP contribution in [-0.2, 0) is 9.53 Å². The molecule has 0 aromatic heterocycles. The van der Waals surface area contributed by atoms with E-state index in [1.165, 1.54) is 23.1 Å². The van der Waals surface area contributed by atoms with E-state index < -0.39 is 11.7 Å². The molecule has 2 aromatic rings. The average molecular weight is 429 g/mol. The molecule has 6 nitrogen and oxygen atoms in total. The summed E-state index contributed by atoms with van der Waals surface area (Å²) in [5.41, 5.74) is 0.632. The Kier molecular flexibility index (Phi) is 7.74. The predicted octanol–water partition coefficient (Wildman–Crippen LogP) is 2.93. The molecule has 1 saturated heterocycles. The van der Waals surface area contributed by atoms with Crippen molar-refractivity contribution in [3.8, 4) is 0 Å². The van der Waals surface area contributed by atoms with Gasteiger partial charge in [-0.05, 0) is 24.6 Å². The van der Waals surface area contributed by atoms with Crippen molar-refractivity contribution in [3.63, 3.8) is 0 Å². The molecule has 0 bridgehead atoms. The Hall–Kier alpha value is -2.54. The molecule has 0 aliphatic carbocycles. The molecule has 1 fully saturated rings. The van der Waals surface area contributed by atoms with Crippen LogP contribution < -0.4 is 0 Å². The molecule has 0 saturated carbocycles. The van der Waals surface area contributed by atoms with Crippen LogP contribution in [0.1, 0.15) is 32.7 Å². The van der Waals surface area contributed by atoms with Crippen LogP contribution in [0.25, 0.3) is 0 Å². The van der Waals surface area contributed by atoms with Gasteiger partial charge in [0.25, 0.3) is 11.7 Å². The van der Waals surface area contributed by atoms with Gasteiger partial charge < -0.3 is 9.64 Å². The second kappa shape index (κ2) is 10.5. The van der Waals surface area contributed by atoms with Crippen LogP contribution in [0, 0.1) is 0 Å². The number of hydrogen-bond acceptors (Lipinski definition) is 5. The van der Waals surface area contributed by atoms with Crippen molar-refractivity contribution in [1.29, 1.82) is 0 Å². The minimum atomic E-state index is -0.708. The maximum Gasteiger partial charge on any atom is 0.294 e. The van der Waals surface area contributed by atoms with E-state index in [1.54, 1.807) is 37.4 Å². The number of ether oxygens (including phenoxy) is 1. The van der Waals surface area contributed by atoms with Crippen LogP contribution in [0.5, 0.6) is 0 Å². The van der Waals surface area contributed by atoms with Gasteiger partial charge in [-0.3, -0.25) is 19.3 Å². The third kappa shape index (κ3) is 5.53. The Bertz CT molecular complexity index is 911. The van der Waals surface area contributed by atoms with Crippen molar-refractivity contribution in [2.45, 2.75) is 6.42 Å². The second-order valence-electron chi connectivity index (χ2n) is 7.25. The zero-order valence-electron chi connectivity index (χ0n) is 17.0. The molecule has 1 aliphatic rings. The topological polar surface area (TPSA) is 66.9 Å². The summed E-state index contributed by atoms with van der Waals surface area (Å²) >= 11 is 6.07. The first-order chi connectivity index (χ1) is 14.5. The number of ketones is 2. The van der Waals surface area contributed by atoms with E-state index in [-0.39, 0.29) is 16.9 Å². The largest absolute Gasteiger partial charge is 0.379 e. The standard InChI is InChI=1S/C23H25ClN2O4/c1-25(10-5-11-26-12-14-30-15-13-26)23(29)22(28)19-9-8-18(24)16-20(19)21(27)17-6-3-2-4-7-17/h2-4,6-9,16H,5,10-15H2,1H3. The Morgan fingerprint density at radius 3 is 2.43 bits per heavy atom. The number of morpholine rings is 1. The summed E-state index contributed by atoms with van der Waals surface area (Å²) in [5, 5.41) is 0.331. The molecular weight excluding hydrogens is 404 g/mol. The molecule has 30 heavy (non-hydrogen) atoms. The van der Waals surface area contributed by atoms with Crippen molar-refractivity contribution >= 4 is 29.1 Å². The number of carbonyl (C=O) groups is 3. The Balaban J connectivity index is 1.69. The summed E-state index contributed by atoms with van der Waals surface area (Å²) < 4.78 is 5.33. The lowest BCUT2D eigenvalue weighted by Crippen LogP contribution is -2.39. The summed E-state index contributed by atoms with van der Waals surface area (Å²) in [6, 6.07) is 13.0. The summed E-state index contributed by atoms with van der Waals surface area (Å²) in [6.45, 7) is 4.51. The lowest BCUT2D eigenvalue weighted by molar-refractivity contribution is -0.125. The molecule has 1 amide bonds. The predicted molar refractivity (Wildman–Crippen MR) is 115 cm³/mol. The van der Waals surface area contributed by atoms with E-state index in [2.05, 4.69) is 4.90 Å². The van der Waals surface area contributed by atoms with E-state index in [9.17, 15) is 14.4 Å². The first-order valence-corrected chi connectivity index (χ1v) is 10.3. The highest BCUT2D eigenvalue weighted by molar-refractivity contribution is 6.44. The molecule has 158 valence electrons. The molecule has 1 heterocycles. The van der Waals surface area contributed by atoms with E-state index >= 15 is 0 Å². The monoisotopic (exact) mass is 428 g/mol. The van der Waals surface area contributed by atoms with Crippen LogP contribution in [0.4, 0.5) is 0 Å². The van der Waals surface area contributed by atoms with Crippen molar-refractivity contribution in [1.82, 2.24) is 9.80 Å². The van der Waals surface area contributed by atoms with Gasteiger partial charge in [0.1, 0.15) is 0 Å². The fourth-order valence-electron chi connectivity index (χ4n) is 3.39. The van der Waals surface area contributed by atoms with Crippen LogP contribution in [0.3, 0.4) is 0 Å². The van der Waals surface area contributed by atoms with E-state index in [1.807, 2.05) is 0 Å². The number of likely N-dealkylation sites (N-methyl/N-ethyl adjacent to an activating group) is 1. The normalized spacial score (nSPS) is 14.3. The molecule has 0 spiro atoms. The number of amides is 1. The Morgan fingerprint density at radius 2 is 1.73 bits per heavy atom. The molecular formula is C23H25ClN2O4. The number of benzene rings is 2. The zero-order valence-corrected chi connectivity index (χ0v) is 17.7. The fraction of sp³-hybridized carbons (Fsp3) is 0.348. The lowest BCUT2D eigenvalue weighted by atomic mass is 9.95. The highest BCUT2D eigenvalue weighted by atomic mass is 35.5. The first-order valence-electron chi connectivity index (χ1n) is 9.96. The van der Waals surface area contributed by atoms with E-state index in [0.29, 0.717) is 17.1 Å². The summed E-state index contributed by atoms with van der Waals surface area (Å²) in [6.07, 6.45) is 0.756. The van der Waals surface area contributed by atoms with Crippen LogP contribution in [0.2, 0.25) is 5.02 Å². The maximum absolute atomic E-state index is 12.9. The minimum Gasteiger partial charge on any atom is -0.379 e. The van der Waals surface area contributed by atoms with Crippen molar-refractivity contribution in [2.24, 2.45) is 0 Å². The third-order valence-electron chi connectivity index (χ3n) is 5.12. The van der Waals surface area contributed by atoms with Crippen LogP contribution in [-0.4, -0.2) is 73.7 Å². The number of carbonyl (C=O) groups excluding carboxylic acids is 3. The van der Waals surface area contributed by atoms with Gasteiger partial charge in [0, 0.05) is 54.9 Å². The van der Waals surface area contributed by atoms with Gasteiger partial charge in [0.05, 0.1) is 13.2 Å². The van der Waals surface area contributed by atoms with Crippen molar-refractivity contribution < 1.29 is 19.1 Å². The highest BCUT2D eigenvalue weighted by Crippen LogP contribution is 2.21. The Morgan fingerprint density at radius 1 is 1.03 bits per heavy atom. The van der Waals surface area contributed by atoms with Crippen molar-refractivity contribution in [3.05, 3.63) is 70.2 Å². The number of rotatable bonds is 8. The molecule has 2 aromatic carbocycles. The zero-order chi connectivity index (χ0) is 21.5. The molecule has 0 atom stereocenters. The summed E-state index contributed by atoms with van der Waals surface area (Å²) in [7, 11) is 1.61. The summed E-state index contributed by atoms with van der Waals surface area (Å²) in [5.74, 6) is -1.69. The van der Waals surface area contributed by atoms with Gasteiger partial charge in [-0.15, -0.1) is 0 Å². The molecule has 0 radical (unpaired) electrons. The number of nitrogens with zero attached hydrogens (tertiary/aromatic N) is 2. The second-order valence-corrected chi connectivity index (χ2v) is 7.68. The van der Waals surface area contributed by atoms with Gasteiger partial charge in [0.2, 0.25) is 0 Å². The number of halogens is 1. The minimum absolute atomic E-state index is 0.0679. The van der Waals surface area contributed by atoms with Gasteiger partial charge in [0.15, 0.2) is 5.78 Å². The lowest BCUT2D eigenvalue weighted by Gasteiger charge is -2.27. The smallest absolute Gasteiger partial charge is 0.294 e.